The molecule has 0 bridgehead atoms. The van der Waals surface area contributed by atoms with Crippen molar-refractivity contribution < 1.29 is 4.43 Å². The minimum atomic E-state index is -1.09. The SMILES string of the molecule is CO[Si](C)[Si](C)(C)[Si](C)(C)[Si](C)(C)C. The van der Waals surface area contributed by atoms with Crippen molar-refractivity contribution in [2.75, 3.05) is 7.11 Å². The average Bonchev–Trinajstić information content (AvgIpc) is 2.00. The lowest BCUT2D eigenvalue weighted by molar-refractivity contribution is 0.438. The molecular weight excluding hydrogens is 236 g/mol. The van der Waals surface area contributed by atoms with Crippen LogP contribution in [0.2, 0.25) is 52.4 Å². The van der Waals surface area contributed by atoms with Crippen molar-refractivity contribution in [2.24, 2.45) is 0 Å². The van der Waals surface area contributed by atoms with Gasteiger partial charge in [0.15, 0.2) is 8.56 Å². The quantitative estimate of drug-likeness (QED) is 0.708. The third-order valence-corrected chi connectivity index (χ3v) is 63.8. The molecular formula is C9H27OSi4. The molecule has 0 saturated carbocycles. The fraction of sp³-hybridized carbons (Fsp3) is 1.00. The molecule has 0 aromatic rings. The van der Waals surface area contributed by atoms with E-state index in [4.69, 9.17) is 4.43 Å². The molecule has 0 aliphatic carbocycles. The largest absolute Gasteiger partial charge is 0.424 e. The van der Waals surface area contributed by atoms with Gasteiger partial charge >= 0.3 is 0 Å². The second-order valence-electron chi connectivity index (χ2n) is 6.26. The summed E-state index contributed by atoms with van der Waals surface area (Å²) in [4.78, 5) is 0. The lowest BCUT2D eigenvalue weighted by Crippen LogP contribution is -2.74. The zero-order chi connectivity index (χ0) is 11.8. The Bertz CT molecular complexity index is 195. The molecule has 0 spiro atoms. The van der Waals surface area contributed by atoms with E-state index in [2.05, 4.69) is 52.4 Å². The summed E-state index contributed by atoms with van der Waals surface area (Å²) in [5, 5.41) is 0. The van der Waals surface area contributed by atoms with Crippen LogP contribution in [-0.2, 0) is 4.43 Å². The molecule has 0 heterocycles. The van der Waals surface area contributed by atoms with Crippen LogP contribution in [-0.4, -0.2) is 37.5 Å². The average molecular weight is 264 g/mol. The molecule has 0 aliphatic heterocycles. The summed E-state index contributed by atoms with van der Waals surface area (Å²) in [6.07, 6.45) is 0. The van der Waals surface area contributed by atoms with Crippen LogP contribution in [0.25, 0.3) is 0 Å². The van der Waals surface area contributed by atoms with Gasteiger partial charge in [-0.15, -0.1) is 0 Å². The van der Waals surface area contributed by atoms with E-state index in [0.717, 1.165) is 0 Å². The maximum absolute atomic E-state index is 5.72. The smallest absolute Gasteiger partial charge is 0.189 e. The molecule has 0 saturated heterocycles. The van der Waals surface area contributed by atoms with Gasteiger partial charge in [0.05, 0.1) is 7.11 Å². The van der Waals surface area contributed by atoms with Crippen LogP contribution in [0, 0.1) is 0 Å². The highest BCUT2D eigenvalue weighted by Crippen LogP contribution is 2.30. The Morgan fingerprint density at radius 2 is 1.21 bits per heavy atom. The maximum atomic E-state index is 5.72. The molecule has 85 valence electrons. The third-order valence-electron chi connectivity index (χ3n) is 4.62. The molecule has 0 N–H and O–H groups in total. The van der Waals surface area contributed by atoms with E-state index in [1.54, 1.807) is 0 Å². The Morgan fingerprint density at radius 1 is 0.857 bits per heavy atom. The van der Waals surface area contributed by atoms with Crippen molar-refractivity contribution in [1.82, 2.24) is 0 Å². The van der Waals surface area contributed by atoms with Crippen molar-refractivity contribution in [3.8, 4) is 0 Å². The van der Waals surface area contributed by atoms with Crippen molar-refractivity contribution in [3.63, 3.8) is 0 Å². The predicted molar refractivity (Wildman–Crippen MR) is 76.9 cm³/mol. The molecule has 0 amide bonds. The van der Waals surface area contributed by atoms with Gasteiger partial charge in [0.25, 0.3) is 0 Å². The van der Waals surface area contributed by atoms with Gasteiger partial charge in [0, 0.05) is 21.8 Å². The maximum Gasteiger partial charge on any atom is 0.189 e. The van der Waals surface area contributed by atoms with Crippen molar-refractivity contribution in [1.29, 1.82) is 0 Å². The molecule has 0 aromatic heterocycles. The van der Waals surface area contributed by atoms with Gasteiger partial charge < -0.3 is 4.43 Å². The zero-order valence-corrected chi connectivity index (χ0v) is 15.4. The van der Waals surface area contributed by atoms with E-state index >= 15 is 0 Å². The molecule has 0 fully saturated rings. The van der Waals surface area contributed by atoms with Crippen LogP contribution in [0.1, 0.15) is 0 Å². The van der Waals surface area contributed by atoms with E-state index in [1.165, 1.54) is 0 Å². The molecule has 0 aliphatic rings. The van der Waals surface area contributed by atoms with Gasteiger partial charge in [0.2, 0.25) is 0 Å². The van der Waals surface area contributed by atoms with Gasteiger partial charge in [0.1, 0.15) is 0 Å². The highest BCUT2D eigenvalue weighted by atomic mass is 29.8. The predicted octanol–water partition coefficient (Wildman–Crippen LogP) is 3.24. The van der Waals surface area contributed by atoms with Crippen molar-refractivity contribution in [3.05, 3.63) is 0 Å². The molecule has 0 aromatic carbocycles. The molecule has 14 heavy (non-hydrogen) atoms. The number of hydrogen-bond acceptors (Lipinski definition) is 1. The van der Waals surface area contributed by atoms with Crippen LogP contribution in [0.15, 0.2) is 0 Å². The highest BCUT2D eigenvalue weighted by molar-refractivity contribution is 7.79. The van der Waals surface area contributed by atoms with Crippen LogP contribution in [0.4, 0.5) is 0 Å². The van der Waals surface area contributed by atoms with Gasteiger partial charge in [-0.05, 0) is 6.55 Å². The normalized spacial score (nSPS) is 15.0. The summed E-state index contributed by atoms with van der Waals surface area (Å²) in [6.45, 7) is 20.4. The van der Waals surface area contributed by atoms with Crippen molar-refractivity contribution in [2.45, 2.75) is 52.4 Å². The van der Waals surface area contributed by atoms with E-state index < -0.39 is 30.4 Å². The second kappa shape index (κ2) is 4.37. The Hall–Kier alpha value is 0.828. The molecule has 0 unspecified atom stereocenters. The first kappa shape index (κ1) is 14.8. The third kappa shape index (κ3) is 2.49. The Labute approximate surface area is 94.4 Å². The topological polar surface area (TPSA) is 9.23 Å². The van der Waals surface area contributed by atoms with Crippen LogP contribution >= 0.6 is 0 Å². The van der Waals surface area contributed by atoms with E-state index in [1.807, 2.05) is 7.11 Å². The standard InChI is InChI=1S/C9H27OSi4/c1-10-11(2)13(6,7)14(8,9)12(3,4)5/h1-9H3. The first-order valence-corrected chi connectivity index (χ1v) is 19.8. The fourth-order valence-electron chi connectivity index (χ4n) is 1.63. The summed E-state index contributed by atoms with van der Waals surface area (Å²) in [7, 11) is -1.66. The molecule has 0 rings (SSSR count). The zero-order valence-electron chi connectivity index (χ0n) is 11.4. The summed E-state index contributed by atoms with van der Waals surface area (Å²) < 4.78 is 5.72. The van der Waals surface area contributed by atoms with E-state index in [9.17, 15) is 0 Å². The second-order valence-corrected chi connectivity index (χ2v) is 43.4. The van der Waals surface area contributed by atoms with Crippen LogP contribution < -0.4 is 0 Å². The summed E-state index contributed by atoms with van der Waals surface area (Å²) in [5.41, 5.74) is 0. The van der Waals surface area contributed by atoms with Gasteiger partial charge in [-0.2, -0.15) is 0 Å². The molecule has 1 radical (unpaired) electrons. The van der Waals surface area contributed by atoms with Crippen LogP contribution in [0.3, 0.4) is 0 Å². The van der Waals surface area contributed by atoms with Crippen molar-refractivity contribution >= 4 is 30.4 Å². The first-order chi connectivity index (χ1) is 5.98. The van der Waals surface area contributed by atoms with Gasteiger partial charge in [-0.25, -0.2) is 0 Å². The Kier molecular flexibility index (Phi) is 4.62. The highest BCUT2D eigenvalue weighted by Gasteiger charge is 2.53. The van der Waals surface area contributed by atoms with E-state index in [0.29, 0.717) is 0 Å². The van der Waals surface area contributed by atoms with Gasteiger partial charge in [-0.1, -0.05) is 45.8 Å². The fourth-order valence-corrected chi connectivity index (χ4v) is 55.3. The first-order valence-electron chi connectivity index (χ1n) is 5.36. The minimum Gasteiger partial charge on any atom is -0.424 e. The van der Waals surface area contributed by atoms with E-state index in [-0.39, 0.29) is 0 Å². The molecule has 1 nitrogen and oxygen atoms in total. The summed E-state index contributed by atoms with van der Waals surface area (Å²) in [6, 6.07) is 0. The Morgan fingerprint density at radius 3 is 1.43 bits per heavy atom. The molecule has 5 heteroatoms. The van der Waals surface area contributed by atoms with Crippen LogP contribution in [0.5, 0.6) is 0 Å². The summed E-state index contributed by atoms with van der Waals surface area (Å²) in [5.74, 6) is 0. The number of rotatable bonds is 4. The number of hydrogen-bond donors (Lipinski definition) is 0. The lowest BCUT2D eigenvalue weighted by atomic mass is 11.8. The lowest BCUT2D eigenvalue weighted by Gasteiger charge is -2.48. The summed E-state index contributed by atoms with van der Waals surface area (Å²) >= 11 is 0. The van der Waals surface area contributed by atoms with Gasteiger partial charge in [-0.3, -0.25) is 0 Å². The monoisotopic (exact) mass is 263 g/mol. The Balaban J connectivity index is 5.07. The minimum absolute atomic E-state index is 0.509. The molecule has 0 atom stereocenters.